The van der Waals surface area contributed by atoms with Gasteiger partial charge in [-0.1, -0.05) is 19.9 Å². The maximum atomic E-state index is 12.5. The van der Waals surface area contributed by atoms with Gasteiger partial charge in [-0.2, -0.15) is 13.2 Å². The molecule has 8 heteroatoms. The molecule has 1 rings (SSSR count). The summed E-state index contributed by atoms with van der Waals surface area (Å²) in [5, 5.41) is 3.07. The van der Waals surface area contributed by atoms with Crippen molar-refractivity contribution in [2.75, 3.05) is 17.0 Å². The molecule has 0 saturated carbocycles. The van der Waals surface area contributed by atoms with Gasteiger partial charge in [-0.15, -0.1) is 0 Å². The van der Waals surface area contributed by atoms with Crippen molar-refractivity contribution in [3.63, 3.8) is 0 Å². The van der Waals surface area contributed by atoms with Crippen LogP contribution in [0.25, 0.3) is 0 Å². The van der Waals surface area contributed by atoms with Gasteiger partial charge in [-0.25, -0.2) is 8.42 Å². The number of nitrogens with one attached hydrogen (secondary N) is 2. The molecule has 0 aliphatic rings. The summed E-state index contributed by atoms with van der Waals surface area (Å²) in [6.07, 6.45) is -4.12. The summed E-state index contributed by atoms with van der Waals surface area (Å²) in [4.78, 5) is 0. The molecule has 1 aromatic carbocycles. The fraction of sp³-hybridized carbons (Fsp3) is 0.538. The predicted molar refractivity (Wildman–Crippen MR) is 76.6 cm³/mol. The highest BCUT2D eigenvalue weighted by Gasteiger charge is 2.30. The molecule has 0 aliphatic heterocycles. The summed E-state index contributed by atoms with van der Waals surface area (Å²) in [5.41, 5.74) is -0.967. The molecular formula is C13H19F3N2O2S. The molecule has 0 heterocycles. The van der Waals surface area contributed by atoms with Crippen molar-refractivity contribution in [1.29, 1.82) is 0 Å². The highest BCUT2D eigenvalue weighted by Crippen LogP contribution is 2.30. The molecule has 0 atom stereocenters. The number of halogens is 3. The predicted octanol–water partition coefficient (Wildman–Crippen LogP) is 2.84. The molecule has 4 nitrogen and oxygen atoms in total. The Kier molecular flexibility index (Phi) is 6.03. The number of benzene rings is 1. The maximum absolute atomic E-state index is 12.5. The third-order valence-corrected chi connectivity index (χ3v) is 3.98. The molecule has 0 aromatic heterocycles. The number of anilines is 1. The number of alkyl halides is 3. The van der Waals surface area contributed by atoms with E-state index in [2.05, 4.69) is 10.0 Å². The minimum atomic E-state index is -4.50. The van der Waals surface area contributed by atoms with Gasteiger partial charge in [-0.05, 0) is 31.2 Å². The Morgan fingerprint density at radius 1 is 1.24 bits per heavy atom. The summed E-state index contributed by atoms with van der Waals surface area (Å²) >= 11 is 0. The number of sulfonamides is 1. The van der Waals surface area contributed by atoms with Gasteiger partial charge in [0.25, 0.3) is 0 Å². The molecule has 0 bridgehead atoms. The Balaban J connectivity index is 2.63. The SMILES string of the molecule is CC(C)NCCCS(=O)(=O)Nc1cccc(C(F)(F)F)c1. The second kappa shape index (κ2) is 7.13. The lowest BCUT2D eigenvalue weighted by molar-refractivity contribution is -0.137. The zero-order valence-electron chi connectivity index (χ0n) is 11.9. The fourth-order valence-corrected chi connectivity index (χ4v) is 2.76. The summed E-state index contributed by atoms with van der Waals surface area (Å²) < 4.78 is 63.4. The number of hydrogen-bond donors (Lipinski definition) is 2. The van der Waals surface area contributed by atoms with Gasteiger partial charge in [0, 0.05) is 11.7 Å². The van der Waals surface area contributed by atoms with E-state index in [4.69, 9.17) is 0 Å². The third kappa shape index (κ3) is 6.81. The van der Waals surface area contributed by atoms with Crippen LogP contribution >= 0.6 is 0 Å². The van der Waals surface area contributed by atoms with Gasteiger partial charge in [0.1, 0.15) is 0 Å². The van der Waals surface area contributed by atoms with E-state index in [9.17, 15) is 21.6 Å². The average molecular weight is 324 g/mol. The maximum Gasteiger partial charge on any atom is 0.416 e. The quantitative estimate of drug-likeness (QED) is 0.758. The van der Waals surface area contributed by atoms with Crippen LogP contribution in [0.2, 0.25) is 0 Å². The minimum absolute atomic E-state index is 0.0818. The van der Waals surface area contributed by atoms with Crippen molar-refractivity contribution in [2.24, 2.45) is 0 Å². The zero-order valence-corrected chi connectivity index (χ0v) is 12.7. The Morgan fingerprint density at radius 3 is 2.48 bits per heavy atom. The molecular weight excluding hydrogens is 305 g/mol. The summed E-state index contributed by atoms with van der Waals surface area (Å²) in [5.74, 6) is -0.150. The average Bonchev–Trinajstić information content (AvgIpc) is 2.33. The standard InChI is InChI=1S/C13H19F3N2O2S/c1-10(2)17-7-4-8-21(19,20)18-12-6-3-5-11(9-12)13(14,15)16/h3,5-6,9-10,17-18H,4,7-8H2,1-2H3. The van der Waals surface area contributed by atoms with Crippen LogP contribution < -0.4 is 10.0 Å². The number of hydrogen-bond acceptors (Lipinski definition) is 3. The molecule has 0 unspecified atom stereocenters. The fourth-order valence-electron chi connectivity index (χ4n) is 1.64. The van der Waals surface area contributed by atoms with Crippen LogP contribution in [-0.4, -0.2) is 26.8 Å². The first-order valence-electron chi connectivity index (χ1n) is 6.51. The third-order valence-electron chi connectivity index (χ3n) is 2.61. The monoisotopic (exact) mass is 324 g/mol. The van der Waals surface area contributed by atoms with Gasteiger partial charge in [0.05, 0.1) is 11.3 Å². The Morgan fingerprint density at radius 2 is 1.90 bits per heavy atom. The van der Waals surface area contributed by atoms with Crippen LogP contribution in [0.15, 0.2) is 24.3 Å². The van der Waals surface area contributed by atoms with Crippen LogP contribution in [0.1, 0.15) is 25.8 Å². The van der Waals surface area contributed by atoms with Crippen molar-refractivity contribution < 1.29 is 21.6 Å². The first-order chi connectivity index (χ1) is 9.60. The largest absolute Gasteiger partial charge is 0.416 e. The Hall–Kier alpha value is -1.28. The van der Waals surface area contributed by atoms with Crippen molar-refractivity contribution in [3.05, 3.63) is 29.8 Å². The van der Waals surface area contributed by atoms with Crippen LogP contribution in [0.4, 0.5) is 18.9 Å². The Labute approximate surface area is 122 Å². The van der Waals surface area contributed by atoms with E-state index in [0.29, 0.717) is 13.0 Å². The van der Waals surface area contributed by atoms with E-state index in [1.807, 2.05) is 13.8 Å². The lowest BCUT2D eigenvalue weighted by atomic mass is 10.2. The molecule has 0 aliphatic carbocycles. The smallest absolute Gasteiger partial charge is 0.314 e. The topological polar surface area (TPSA) is 58.2 Å². The summed E-state index contributed by atoms with van der Waals surface area (Å²) in [6, 6.07) is 4.39. The van der Waals surface area contributed by atoms with Gasteiger partial charge in [0.15, 0.2) is 0 Å². The second-order valence-corrected chi connectivity index (χ2v) is 6.80. The Bertz CT molecular complexity index is 557. The van der Waals surface area contributed by atoms with E-state index in [0.717, 1.165) is 12.1 Å². The normalized spacial score (nSPS) is 12.7. The second-order valence-electron chi connectivity index (χ2n) is 4.96. The molecule has 2 N–H and O–H groups in total. The lowest BCUT2D eigenvalue weighted by Gasteiger charge is -2.12. The van der Waals surface area contributed by atoms with Crippen LogP contribution in [0, 0.1) is 0 Å². The van der Waals surface area contributed by atoms with E-state index < -0.39 is 21.8 Å². The van der Waals surface area contributed by atoms with E-state index in [1.165, 1.54) is 12.1 Å². The number of rotatable bonds is 7. The van der Waals surface area contributed by atoms with Crippen LogP contribution in [0.3, 0.4) is 0 Å². The first-order valence-corrected chi connectivity index (χ1v) is 8.16. The summed E-state index contributed by atoms with van der Waals surface area (Å²) in [6.45, 7) is 4.41. The highest BCUT2D eigenvalue weighted by atomic mass is 32.2. The molecule has 1 aromatic rings. The van der Waals surface area contributed by atoms with E-state index >= 15 is 0 Å². The first kappa shape index (κ1) is 17.8. The molecule has 0 fully saturated rings. The van der Waals surface area contributed by atoms with Crippen molar-refractivity contribution >= 4 is 15.7 Å². The van der Waals surface area contributed by atoms with Crippen LogP contribution in [-0.2, 0) is 16.2 Å². The molecule has 120 valence electrons. The molecule has 0 radical (unpaired) electrons. The zero-order chi connectivity index (χ0) is 16.1. The molecule has 21 heavy (non-hydrogen) atoms. The van der Waals surface area contributed by atoms with Crippen molar-refractivity contribution in [1.82, 2.24) is 5.32 Å². The molecule has 0 spiro atoms. The van der Waals surface area contributed by atoms with E-state index in [-0.39, 0.29) is 17.5 Å². The minimum Gasteiger partial charge on any atom is -0.314 e. The van der Waals surface area contributed by atoms with Gasteiger partial charge < -0.3 is 5.32 Å². The van der Waals surface area contributed by atoms with Crippen molar-refractivity contribution in [2.45, 2.75) is 32.5 Å². The summed E-state index contributed by atoms with van der Waals surface area (Å²) in [7, 11) is -3.65. The highest BCUT2D eigenvalue weighted by molar-refractivity contribution is 7.92. The molecule has 0 saturated heterocycles. The molecule has 0 amide bonds. The van der Waals surface area contributed by atoms with Crippen molar-refractivity contribution in [3.8, 4) is 0 Å². The van der Waals surface area contributed by atoms with E-state index in [1.54, 1.807) is 0 Å². The van der Waals surface area contributed by atoms with Gasteiger partial charge in [-0.3, -0.25) is 4.72 Å². The van der Waals surface area contributed by atoms with Crippen LogP contribution in [0.5, 0.6) is 0 Å². The van der Waals surface area contributed by atoms with Gasteiger partial charge >= 0.3 is 6.18 Å². The van der Waals surface area contributed by atoms with Gasteiger partial charge in [0.2, 0.25) is 10.0 Å². The lowest BCUT2D eigenvalue weighted by Crippen LogP contribution is -2.26.